The number of carbonyl (C=O) groups excluding carboxylic acids is 3. The Bertz CT molecular complexity index is 1300. The number of aryl methyl sites for hydroxylation is 1. The first-order valence-electron chi connectivity index (χ1n) is 13.2. The number of carbonyl (C=O) groups is 3. The van der Waals surface area contributed by atoms with Gasteiger partial charge in [-0.1, -0.05) is 50.3 Å². The highest BCUT2D eigenvalue weighted by atomic mass is 32.1. The average Bonchev–Trinajstić information content (AvgIpc) is 3.60. The van der Waals surface area contributed by atoms with Crippen LogP contribution in [0.15, 0.2) is 53.6 Å². The smallest absolute Gasteiger partial charge is 0.255 e. The summed E-state index contributed by atoms with van der Waals surface area (Å²) in [4.78, 5) is 48.9. The third-order valence-electron chi connectivity index (χ3n) is 7.70. The minimum Gasteiger partial charge on any atom is -0.391 e. The van der Waals surface area contributed by atoms with Crippen LogP contribution in [-0.4, -0.2) is 68.9 Å². The zero-order valence-electron chi connectivity index (χ0n) is 22.0. The molecule has 0 saturated carbocycles. The molecule has 0 radical (unpaired) electrons. The van der Waals surface area contributed by atoms with E-state index in [1.54, 1.807) is 22.3 Å². The SMILES string of the molecule is Cc1ncsc1C1C=CC(CNC(=O)C2CC(O)CN2C(=O)C(C(C)C)N2Cc3ccccc3C2=O)=CC1. The quantitative estimate of drug-likeness (QED) is 0.568. The van der Waals surface area contributed by atoms with Crippen LogP contribution in [0.3, 0.4) is 0 Å². The van der Waals surface area contributed by atoms with E-state index >= 15 is 0 Å². The molecule has 2 aromatic rings. The third-order valence-corrected chi connectivity index (χ3v) is 8.76. The van der Waals surface area contributed by atoms with Gasteiger partial charge in [-0.15, -0.1) is 11.3 Å². The van der Waals surface area contributed by atoms with E-state index < -0.39 is 18.2 Å². The fraction of sp³-hybridized carbons (Fsp3) is 0.448. The fourth-order valence-corrected chi connectivity index (χ4v) is 6.62. The summed E-state index contributed by atoms with van der Waals surface area (Å²) in [5, 5.41) is 13.4. The van der Waals surface area contributed by atoms with Crippen molar-refractivity contribution < 1.29 is 19.5 Å². The van der Waals surface area contributed by atoms with Gasteiger partial charge in [0.1, 0.15) is 12.1 Å². The van der Waals surface area contributed by atoms with Gasteiger partial charge < -0.3 is 20.2 Å². The molecule has 9 heteroatoms. The van der Waals surface area contributed by atoms with Crippen LogP contribution in [-0.2, 0) is 16.1 Å². The lowest BCUT2D eigenvalue weighted by atomic mass is 9.94. The fourth-order valence-electron chi connectivity index (χ4n) is 5.72. The molecule has 0 bridgehead atoms. The van der Waals surface area contributed by atoms with Gasteiger partial charge in [0.25, 0.3) is 5.91 Å². The second-order valence-corrected chi connectivity index (χ2v) is 11.6. The van der Waals surface area contributed by atoms with Crippen LogP contribution in [0.2, 0.25) is 0 Å². The van der Waals surface area contributed by atoms with Gasteiger partial charge in [0.05, 0.1) is 17.3 Å². The summed E-state index contributed by atoms with van der Waals surface area (Å²) in [5.41, 5.74) is 5.44. The number of amides is 3. The second-order valence-electron chi connectivity index (χ2n) is 10.7. The highest BCUT2D eigenvalue weighted by Gasteiger charge is 2.45. The topological polar surface area (TPSA) is 103 Å². The Morgan fingerprint density at radius 1 is 1.26 bits per heavy atom. The molecule has 1 aromatic carbocycles. The molecule has 3 aliphatic rings. The Morgan fingerprint density at radius 3 is 2.71 bits per heavy atom. The van der Waals surface area contributed by atoms with E-state index in [0.717, 1.165) is 23.3 Å². The summed E-state index contributed by atoms with van der Waals surface area (Å²) in [5.74, 6) is -0.612. The van der Waals surface area contributed by atoms with Crippen molar-refractivity contribution in [3.8, 4) is 0 Å². The van der Waals surface area contributed by atoms with Crippen molar-refractivity contribution in [3.05, 3.63) is 75.3 Å². The van der Waals surface area contributed by atoms with Gasteiger partial charge in [-0.3, -0.25) is 14.4 Å². The lowest BCUT2D eigenvalue weighted by molar-refractivity contribution is -0.143. The van der Waals surface area contributed by atoms with Crippen molar-refractivity contribution in [1.29, 1.82) is 0 Å². The van der Waals surface area contributed by atoms with E-state index in [0.29, 0.717) is 24.6 Å². The summed E-state index contributed by atoms with van der Waals surface area (Å²) < 4.78 is 0. The Labute approximate surface area is 227 Å². The summed E-state index contributed by atoms with van der Waals surface area (Å²) in [7, 11) is 0. The number of hydrogen-bond acceptors (Lipinski definition) is 6. The minimum atomic E-state index is -0.786. The van der Waals surface area contributed by atoms with Crippen molar-refractivity contribution >= 4 is 29.1 Å². The van der Waals surface area contributed by atoms with Gasteiger partial charge >= 0.3 is 0 Å². The number of rotatable bonds is 7. The number of allylic oxidation sites excluding steroid dienone is 2. The van der Waals surface area contributed by atoms with Crippen LogP contribution in [0, 0.1) is 12.8 Å². The largest absolute Gasteiger partial charge is 0.391 e. The maximum Gasteiger partial charge on any atom is 0.255 e. The van der Waals surface area contributed by atoms with Crippen molar-refractivity contribution in [2.24, 2.45) is 5.92 Å². The first-order chi connectivity index (χ1) is 18.2. The number of fused-ring (bicyclic) bond motifs is 1. The highest BCUT2D eigenvalue weighted by molar-refractivity contribution is 7.09. The van der Waals surface area contributed by atoms with Gasteiger partial charge in [-0.05, 0) is 36.5 Å². The molecule has 4 unspecified atom stereocenters. The van der Waals surface area contributed by atoms with Crippen LogP contribution in [0.25, 0.3) is 0 Å². The molecule has 1 aliphatic carbocycles. The van der Waals surface area contributed by atoms with Crippen LogP contribution < -0.4 is 5.32 Å². The maximum absolute atomic E-state index is 13.8. The van der Waals surface area contributed by atoms with E-state index in [4.69, 9.17) is 0 Å². The van der Waals surface area contributed by atoms with Crippen molar-refractivity contribution in [2.75, 3.05) is 13.1 Å². The van der Waals surface area contributed by atoms with Gasteiger partial charge in [-0.25, -0.2) is 4.98 Å². The van der Waals surface area contributed by atoms with E-state index in [1.165, 1.54) is 9.78 Å². The first-order valence-corrected chi connectivity index (χ1v) is 14.0. The number of hydrogen-bond donors (Lipinski definition) is 2. The van der Waals surface area contributed by atoms with E-state index in [2.05, 4.69) is 22.5 Å². The number of aliphatic hydroxyl groups excluding tert-OH is 1. The number of β-amino-alcohol motifs (C(OH)–C–C–N with tert-alkyl or cyclic N) is 1. The lowest BCUT2D eigenvalue weighted by Crippen LogP contribution is -2.55. The van der Waals surface area contributed by atoms with E-state index in [9.17, 15) is 19.5 Å². The zero-order valence-corrected chi connectivity index (χ0v) is 22.8. The van der Waals surface area contributed by atoms with E-state index in [1.807, 2.05) is 50.6 Å². The molecule has 8 nitrogen and oxygen atoms in total. The molecule has 2 N–H and O–H groups in total. The summed E-state index contributed by atoms with van der Waals surface area (Å²) in [6, 6.07) is 5.90. The Hall–Kier alpha value is -3.30. The van der Waals surface area contributed by atoms with Gasteiger partial charge in [0.15, 0.2) is 0 Å². The zero-order chi connectivity index (χ0) is 27.0. The molecule has 3 amide bonds. The molecule has 1 aromatic heterocycles. The molecular formula is C29H34N4O4S. The van der Waals surface area contributed by atoms with Crippen LogP contribution in [0.1, 0.15) is 59.1 Å². The molecule has 5 rings (SSSR count). The molecule has 200 valence electrons. The van der Waals surface area contributed by atoms with Gasteiger partial charge in [0.2, 0.25) is 11.8 Å². The number of likely N-dealkylation sites (tertiary alicyclic amines) is 1. The molecule has 38 heavy (non-hydrogen) atoms. The van der Waals surface area contributed by atoms with Crippen molar-refractivity contribution in [3.63, 3.8) is 0 Å². The summed E-state index contributed by atoms with van der Waals surface area (Å²) in [6.45, 7) is 6.62. The van der Waals surface area contributed by atoms with Crippen molar-refractivity contribution in [1.82, 2.24) is 20.1 Å². The van der Waals surface area contributed by atoms with Crippen LogP contribution in [0.5, 0.6) is 0 Å². The average molecular weight is 535 g/mol. The monoisotopic (exact) mass is 534 g/mol. The van der Waals surface area contributed by atoms with Gasteiger partial charge in [0, 0.05) is 42.4 Å². The minimum absolute atomic E-state index is 0.0770. The predicted octanol–water partition coefficient (Wildman–Crippen LogP) is 3.18. The number of benzene rings is 1. The standard InChI is InChI=1S/C29H34N4O4S/c1-17(2)25(33-14-21-6-4-5-7-23(21)28(33)36)29(37)32-15-22(34)12-24(32)27(35)30-13-19-8-10-20(11-9-19)26-18(3)31-16-38-26/h4-10,16-17,20,22,24-25,34H,11-15H2,1-3H3,(H,30,35). The van der Waals surface area contributed by atoms with Crippen LogP contribution >= 0.6 is 11.3 Å². The number of aliphatic hydroxyl groups is 1. The number of thiazole rings is 1. The maximum atomic E-state index is 13.8. The summed E-state index contributed by atoms with van der Waals surface area (Å²) in [6.07, 6.45) is 6.55. The first kappa shape index (κ1) is 26.3. The molecule has 4 atom stereocenters. The van der Waals surface area contributed by atoms with E-state index in [-0.39, 0.29) is 36.6 Å². The molecule has 2 aliphatic heterocycles. The number of nitrogens with zero attached hydrogens (tertiary/aromatic N) is 3. The normalized spacial score (nSPS) is 23.6. The highest BCUT2D eigenvalue weighted by Crippen LogP contribution is 2.32. The lowest BCUT2D eigenvalue weighted by Gasteiger charge is -2.35. The Kier molecular flexibility index (Phi) is 7.49. The molecule has 3 heterocycles. The summed E-state index contributed by atoms with van der Waals surface area (Å²) >= 11 is 1.66. The molecule has 1 saturated heterocycles. The number of aromatic nitrogens is 1. The van der Waals surface area contributed by atoms with Crippen molar-refractivity contribution in [2.45, 2.75) is 64.3 Å². The molecular weight excluding hydrogens is 500 g/mol. The molecule has 1 fully saturated rings. The second kappa shape index (κ2) is 10.8. The van der Waals surface area contributed by atoms with Gasteiger partial charge in [-0.2, -0.15) is 0 Å². The Morgan fingerprint density at radius 2 is 2.05 bits per heavy atom. The van der Waals surface area contributed by atoms with Crippen LogP contribution in [0.4, 0.5) is 0 Å². The predicted molar refractivity (Wildman–Crippen MR) is 146 cm³/mol. The third kappa shape index (κ3) is 5.05. The molecule has 0 spiro atoms. The number of nitrogens with one attached hydrogen (secondary N) is 1. The Balaban J connectivity index is 1.24.